The molecule has 1 aliphatic carbocycles. The van der Waals surface area contributed by atoms with Gasteiger partial charge in [0, 0.05) is 36.8 Å². The summed E-state index contributed by atoms with van der Waals surface area (Å²) >= 11 is 1.45. The van der Waals surface area contributed by atoms with Crippen LogP contribution in [0.1, 0.15) is 25.0 Å². The van der Waals surface area contributed by atoms with Gasteiger partial charge in [0.1, 0.15) is 0 Å². The van der Waals surface area contributed by atoms with Gasteiger partial charge in [-0.05, 0) is 18.9 Å². The maximum atomic E-state index is 12.3. The number of likely N-dealkylation sites (tertiary alicyclic amines) is 1. The van der Waals surface area contributed by atoms with Crippen molar-refractivity contribution in [3.05, 3.63) is 29.5 Å². The van der Waals surface area contributed by atoms with Crippen LogP contribution in [0.25, 0.3) is 10.8 Å². The lowest BCUT2D eigenvalue weighted by Gasteiger charge is -2.15. The van der Waals surface area contributed by atoms with E-state index in [1.165, 1.54) is 11.3 Å². The molecule has 0 spiro atoms. The molecule has 1 saturated carbocycles. The van der Waals surface area contributed by atoms with E-state index in [-0.39, 0.29) is 17.7 Å². The SMILES string of the molecule is O=C(NCc1csc(-c2ncccn2)n1)[C@@H]1CC(=O)N(C2CC2)C1. The van der Waals surface area contributed by atoms with Gasteiger partial charge in [-0.3, -0.25) is 9.59 Å². The molecule has 0 aromatic carbocycles. The second kappa shape index (κ2) is 6.27. The van der Waals surface area contributed by atoms with Crippen LogP contribution < -0.4 is 5.32 Å². The topological polar surface area (TPSA) is 88.1 Å². The molecule has 2 fully saturated rings. The summed E-state index contributed by atoms with van der Waals surface area (Å²) in [4.78, 5) is 38.9. The molecule has 24 heavy (non-hydrogen) atoms. The van der Waals surface area contributed by atoms with E-state index in [1.54, 1.807) is 18.5 Å². The zero-order valence-electron chi connectivity index (χ0n) is 13.0. The molecule has 2 amide bonds. The van der Waals surface area contributed by atoms with Gasteiger partial charge in [0.25, 0.3) is 0 Å². The van der Waals surface area contributed by atoms with Crippen LogP contribution in [0.15, 0.2) is 23.8 Å². The Morgan fingerprint density at radius 2 is 2.12 bits per heavy atom. The third kappa shape index (κ3) is 3.14. The fourth-order valence-electron chi connectivity index (χ4n) is 2.87. The highest BCUT2D eigenvalue weighted by Gasteiger charge is 2.41. The van der Waals surface area contributed by atoms with Gasteiger partial charge < -0.3 is 10.2 Å². The van der Waals surface area contributed by atoms with E-state index in [2.05, 4.69) is 20.3 Å². The minimum absolute atomic E-state index is 0.0722. The van der Waals surface area contributed by atoms with E-state index in [9.17, 15) is 9.59 Å². The third-order valence-corrected chi connectivity index (χ3v) is 5.16. The van der Waals surface area contributed by atoms with Crippen molar-refractivity contribution in [1.82, 2.24) is 25.2 Å². The molecule has 1 N–H and O–H groups in total. The molecule has 124 valence electrons. The highest BCUT2D eigenvalue weighted by atomic mass is 32.1. The Kier molecular flexibility index (Phi) is 3.97. The predicted molar refractivity (Wildman–Crippen MR) is 87.8 cm³/mol. The van der Waals surface area contributed by atoms with Crippen LogP contribution in [0, 0.1) is 5.92 Å². The fraction of sp³-hybridized carbons (Fsp3) is 0.438. The normalized spacial score (nSPS) is 20.4. The van der Waals surface area contributed by atoms with Crippen molar-refractivity contribution < 1.29 is 9.59 Å². The summed E-state index contributed by atoms with van der Waals surface area (Å²) in [5.74, 6) is 0.377. The minimum Gasteiger partial charge on any atom is -0.350 e. The molecule has 0 bridgehead atoms. The van der Waals surface area contributed by atoms with E-state index in [0.29, 0.717) is 31.4 Å². The molecule has 1 atom stereocenters. The van der Waals surface area contributed by atoms with E-state index >= 15 is 0 Å². The lowest BCUT2D eigenvalue weighted by molar-refractivity contribution is -0.129. The van der Waals surface area contributed by atoms with Crippen LogP contribution in [0.2, 0.25) is 0 Å². The standard InChI is InChI=1S/C16H17N5O2S/c22-13-6-10(8-21(13)12-2-3-12)15(23)19-7-11-9-24-16(20-11)14-17-4-1-5-18-14/h1,4-5,9-10,12H,2-3,6-8H2,(H,19,23)/t10-/m1/s1. The zero-order chi connectivity index (χ0) is 16.5. The average molecular weight is 343 g/mol. The molecule has 4 rings (SSSR count). The number of rotatable bonds is 5. The Labute approximate surface area is 143 Å². The number of nitrogens with zero attached hydrogens (tertiary/aromatic N) is 4. The second-order valence-corrected chi connectivity index (χ2v) is 6.97. The first-order chi connectivity index (χ1) is 11.7. The van der Waals surface area contributed by atoms with Gasteiger partial charge in [0.2, 0.25) is 11.8 Å². The lowest BCUT2D eigenvalue weighted by Crippen LogP contribution is -2.33. The van der Waals surface area contributed by atoms with Crippen LogP contribution in [-0.4, -0.2) is 44.3 Å². The van der Waals surface area contributed by atoms with Crippen LogP contribution in [0.4, 0.5) is 0 Å². The van der Waals surface area contributed by atoms with Gasteiger partial charge in [-0.2, -0.15) is 0 Å². The van der Waals surface area contributed by atoms with Crippen LogP contribution in [-0.2, 0) is 16.1 Å². The summed E-state index contributed by atoms with van der Waals surface area (Å²) in [7, 11) is 0. The molecule has 7 nitrogen and oxygen atoms in total. The molecule has 2 aliphatic rings. The molecule has 0 unspecified atom stereocenters. The summed E-state index contributed by atoms with van der Waals surface area (Å²) in [6, 6.07) is 2.13. The van der Waals surface area contributed by atoms with E-state index in [1.807, 2.05) is 10.3 Å². The van der Waals surface area contributed by atoms with Crippen LogP contribution in [0.3, 0.4) is 0 Å². The molecular weight excluding hydrogens is 326 g/mol. The number of carbonyl (C=O) groups is 2. The van der Waals surface area contributed by atoms with Crippen molar-refractivity contribution in [3.63, 3.8) is 0 Å². The van der Waals surface area contributed by atoms with Crippen molar-refractivity contribution in [2.75, 3.05) is 6.54 Å². The molecule has 1 saturated heterocycles. The van der Waals surface area contributed by atoms with Crippen LogP contribution in [0.5, 0.6) is 0 Å². The highest BCUT2D eigenvalue weighted by molar-refractivity contribution is 7.13. The maximum Gasteiger partial charge on any atom is 0.225 e. The third-order valence-electron chi connectivity index (χ3n) is 4.27. The number of hydrogen-bond donors (Lipinski definition) is 1. The minimum atomic E-state index is -0.242. The Balaban J connectivity index is 1.33. The van der Waals surface area contributed by atoms with Crippen LogP contribution >= 0.6 is 11.3 Å². The number of nitrogens with one attached hydrogen (secondary N) is 1. The first kappa shape index (κ1) is 15.2. The van der Waals surface area contributed by atoms with Crippen molar-refractivity contribution >= 4 is 23.2 Å². The molecule has 2 aromatic heterocycles. The van der Waals surface area contributed by atoms with Crippen molar-refractivity contribution in [3.8, 4) is 10.8 Å². The largest absolute Gasteiger partial charge is 0.350 e. The monoisotopic (exact) mass is 343 g/mol. The average Bonchev–Trinajstić information content (AvgIpc) is 3.20. The summed E-state index contributed by atoms with van der Waals surface area (Å²) in [5, 5.41) is 5.52. The maximum absolute atomic E-state index is 12.3. The van der Waals surface area contributed by atoms with Gasteiger partial charge in [0.15, 0.2) is 10.8 Å². The molecule has 0 radical (unpaired) electrons. The van der Waals surface area contributed by atoms with E-state index in [0.717, 1.165) is 23.5 Å². The Morgan fingerprint density at radius 3 is 2.88 bits per heavy atom. The van der Waals surface area contributed by atoms with Crippen molar-refractivity contribution in [1.29, 1.82) is 0 Å². The van der Waals surface area contributed by atoms with E-state index in [4.69, 9.17) is 0 Å². The smallest absolute Gasteiger partial charge is 0.225 e. The van der Waals surface area contributed by atoms with Gasteiger partial charge in [-0.1, -0.05) is 0 Å². The molecule has 3 heterocycles. The van der Waals surface area contributed by atoms with E-state index < -0.39 is 0 Å². The first-order valence-electron chi connectivity index (χ1n) is 7.99. The summed E-state index contributed by atoms with van der Waals surface area (Å²) in [5.41, 5.74) is 0.777. The van der Waals surface area contributed by atoms with Gasteiger partial charge in [-0.15, -0.1) is 11.3 Å². The molecule has 8 heteroatoms. The summed E-state index contributed by atoms with van der Waals surface area (Å²) in [6.07, 6.45) is 5.82. The Morgan fingerprint density at radius 1 is 1.33 bits per heavy atom. The predicted octanol–water partition coefficient (Wildman–Crippen LogP) is 1.23. The van der Waals surface area contributed by atoms with Gasteiger partial charge in [-0.25, -0.2) is 15.0 Å². The summed E-state index contributed by atoms with van der Waals surface area (Å²) in [6.45, 7) is 0.909. The number of amides is 2. The quantitative estimate of drug-likeness (QED) is 0.882. The highest BCUT2D eigenvalue weighted by Crippen LogP contribution is 2.32. The number of hydrogen-bond acceptors (Lipinski definition) is 6. The zero-order valence-corrected chi connectivity index (χ0v) is 13.8. The van der Waals surface area contributed by atoms with Gasteiger partial charge in [0.05, 0.1) is 18.2 Å². The number of carbonyl (C=O) groups excluding carboxylic acids is 2. The van der Waals surface area contributed by atoms with Gasteiger partial charge >= 0.3 is 0 Å². The Hall–Kier alpha value is -2.35. The Bertz CT molecular complexity index is 759. The molecule has 2 aromatic rings. The first-order valence-corrected chi connectivity index (χ1v) is 8.87. The number of aromatic nitrogens is 3. The van der Waals surface area contributed by atoms with Crippen molar-refractivity contribution in [2.45, 2.75) is 31.8 Å². The summed E-state index contributed by atoms with van der Waals surface area (Å²) < 4.78 is 0. The second-order valence-electron chi connectivity index (χ2n) is 6.11. The van der Waals surface area contributed by atoms with Crippen molar-refractivity contribution in [2.24, 2.45) is 5.92 Å². The number of thiazole rings is 1. The molecular formula is C16H17N5O2S. The lowest BCUT2D eigenvalue weighted by atomic mass is 10.1. The fourth-order valence-corrected chi connectivity index (χ4v) is 3.63. The molecule has 1 aliphatic heterocycles.